The fourth-order valence-corrected chi connectivity index (χ4v) is 12.0. The lowest BCUT2D eigenvalue weighted by molar-refractivity contribution is -0.116. The first-order chi connectivity index (χ1) is 18.0. The monoisotopic (exact) mass is 576 g/mol. The summed E-state index contributed by atoms with van der Waals surface area (Å²) in [6, 6.07) is 3.36. The molecule has 0 unspecified atom stereocenters. The normalized spacial score (nSPS) is 33.6. The number of methoxy groups -OCH3 is 1. The molecular formula is C33H60O4Si2. The molecule has 3 aliphatic carbocycles. The molecule has 1 fully saturated rings. The van der Waals surface area contributed by atoms with Crippen LogP contribution in [0.3, 0.4) is 0 Å². The Morgan fingerprint density at radius 2 is 1.69 bits per heavy atom. The van der Waals surface area contributed by atoms with Crippen LogP contribution >= 0.6 is 0 Å². The molecule has 6 heteroatoms. The van der Waals surface area contributed by atoms with Gasteiger partial charge in [-0.2, -0.15) is 0 Å². The molecule has 0 radical (unpaired) electrons. The highest BCUT2D eigenvalue weighted by molar-refractivity contribution is 6.74. The fourth-order valence-electron chi connectivity index (χ4n) is 7.58. The highest BCUT2D eigenvalue weighted by Crippen LogP contribution is 2.57. The number of fused-ring (bicyclic) bond motifs is 2. The molecule has 224 valence electrons. The maximum Gasteiger partial charge on any atom is 0.193 e. The van der Waals surface area contributed by atoms with Gasteiger partial charge in [-0.05, 0) is 84.4 Å². The van der Waals surface area contributed by atoms with Gasteiger partial charge in [0.25, 0.3) is 0 Å². The van der Waals surface area contributed by atoms with Gasteiger partial charge in [-0.3, -0.25) is 4.79 Å². The van der Waals surface area contributed by atoms with E-state index in [1.165, 1.54) is 11.1 Å². The third-order valence-electron chi connectivity index (χ3n) is 11.3. The summed E-state index contributed by atoms with van der Waals surface area (Å²) in [5.74, 6) is 1.27. The Kier molecular flexibility index (Phi) is 9.83. The molecule has 4 nitrogen and oxygen atoms in total. The van der Waals surface area contributed by atoms with Crippen LogP contribution in [0.5, 0.6) is 0 Å². The zero-order valence-electron chi connectivity index (χ0n) is 27.7. The van der Waals surface area contributed by atoms with E-state index >= 15 is 0 Å². The molecule has 39 heavy (non-hydrogen) atoms. The minimum atomic E-state index is -2.03. The molecule has 1 saturated carbocycles. The lowest BCUT2D eigenvalue weighted by atomic mass is 9.69. The Hall–Kier alpha value is -0.536. The van der Waals surface area contributed by atoms with Gasteiger partial charge < -0.3 is 13.6 Å². The van der Waals surface area contributed by atoms with Crippen molar-refractivity contribution in [2.45, 2.75) is 143 Å². The lowest BCUT2D eigenvalue weighted by Gasteiger charge is -2.47. The first kappa shape index (κ1) is 33.0. The predicted octanol–water partition coefficient (Wildman–Crippen LogP) is 9.09. The summed E-state index contributed by atoms with van der Waals surface area (Å²) >= 11 is 0. The first-order valence-electron chi connectivity index (χ1n) is 15.8. The predicted molar refractivity (Wildman–Crippen MR) is 169 cm³/mol. The number of hydrogen-bond acceptors (Lipinski definition) is 4. The van der Waals surface area contributed by atoms with Gasteiger partial charge in [0.15, 0.2) is 22.4 Å². The Bertz CT molecular complexity index is 962. The molecule has 0 aromatic rings. The van der Waals surface area contributed by atoms with Crippen molar-refractivity contribution in [2.75, 3.05) is 13.7 Å². The number of hydrogen-bond donors (Lipinski definition) is 0. The van der Waals surface area contributed by atoms with Crippen LogP contribution in [0, 0.1) is 23.2 Å². The summed E-state index contributed by atoms with van der Waals surface area (Å²) in [4.78, 5) is 13.6. The van der Waals surface area contributed by atoms with E-state index in [-0.39, 0.29) is 22.5 Å². The standard InChI is InChI=1S/C33H60O4Si2/c1-14-39(15-2,16-3)37-33(22-35-11)18-17-25-24(6)29(36-38(12,13)31(7,8)9)19-26-30(23(4)5)28(34)21-32(26,10)20-27(25)33/h20,23-25,29H,14-19,21-22H2,1-13H3/b27-20+/t24-,25+,29+,32+,33+/m1/s1. The molecule has 5 atom stereocenters. The van der Waals surface area contributed by atoms with Gasteiger partial charge in [0.05, 0.1) is 12.7 Å². The topological polar surface area (TPSA) is 44.8 Å². The minimum absolute atomic E-state index is 0.0949. The lowest BCUT2D eigenvalue weighted by Crippen LogP contribution is -2.51. The Labute approximate surface area is 243 Å². The van der Waals surface area contributed by atoms with Gasteiger partial charge in [-0.1, -0.05) is 80.9 Å². The van der Waals surface area contributed by atoms with E-state index in [9.17, 15) is 4.79 Å². The summed E-state index contributed by atoms with van der Waals surface area (Å²) in [5.41, 5.74) is 3.09. The first-order valence-corrected chi connectivity index (χ1v) is 21.3. The van der Waals surface area contributed by atoms with Crippen molar-refractivity contribution in [3.63, 3.8) is 0 Å². The van der Waals surface area contributed by atoms with Crippen molar-refractivity contribution in [3.05, 3.63) is 22.8 Å². The smallest absolute Gasteiger partial charge is 0.193 e. The molecule has 0 heterocycles. The van der Waals surface area contributed by atoms with Crippen LogP contribution in [-0.4, -0.2) is 47.8 Å². The van der Waals surface area contributed by atoms with Gasteiger partial charge in [-0.25, -0.2) is 0 Å². The van der Waals surface area contributed by atoms with E-state index < -0.39 is 22.2 Å². The van der Waals surface area contributed by atoms with E-state index in [1.54, 1.807) is 0 Å². The molecule has 0 aromatic heterocycles. The number of allylic oxidation sites excluding steroid dienone is 2. The Morgan fingerprint density at radius 1 is 1.10 bits per heavy atom. The molecule has 0 aliphatic heterocycles. The molecule has 0 bridgehead atoms. The molecule has 3 rings (SSSR count). The second-order valence-corrected chi connectivity index (χ2v) is 24.5. The second-order valence-electron chi connectivity index (χ2n) is 15.1. The fraction of sp³-hybridized carbons (Fsp3) is 0.848. The summed E-state index contributed by atoms with van der Waals surface area (Å²) in [5, 5.41) is 0.130. The number of carbonyl (C=O) groups excluding carboxylic acids is 1. The largest absolute Gasteiger partial charge is 0.413 e. The minimum Gasteiger partial charge on any atom is -0.413 e. The van der Waals surface area contributed by atoms with Crippen molar-refractivity contribution < 1.29 is 18.4 Å². The number of rotatable bonds is 10. The Balaban J connectivity index is 2.26. The van der Waals surface area contributed by atoms with Crippen LogP contribution in [0.15, 0.2) is 22.8 Å². The second kappa shape index (κ2) is 11.6. The van der Waals surface area contributed by atoms with E-state index in [0.29, 0.717) is 30.6 Å². The van der Waals surface area contributed by atoms with Gasteiger partial charge >= 0.3 is 0 Å². The van der Waals surface area contributed by atoms with E-state index in [4.69, 9.17) is 13.6 Å². The number of ketones is 1. The van der Waals surface area contributed by atoms with Crippen molar-refractivity contribution in [2.24, 2.45) is 23.2 Å². The van der Waals surface area contributed by atoms with Crippen LogP contribution in [-0.2, 0) is 18.4 Å². The third kappa shape index (κ3) is 6.02. The summed E-state index contributed by atoms with van der Waals surface area (Å²) in [7, 11) is -2.14. The van der Waals surface area contributed by atoms with Gasteiger partial charge in [0.2, 0.25) is 0 Å². The van der Waals surface area contributed by atoms with Crippen molar-refractivity contribution >= 4 is 22.4 Å². The van der Waals surface area contributed by atoms with Crippen LogP contribution < -0.4 is 0 Å². The molecular weight excluding hydrogens is 517 g/mol. The van der Waals surface area contributed by atoms with E-state index in [0.717, 1.165) is 43.0 Å². The third-order valence-corrected chi connectivity index (χ3v) is 20.5. The molecule has 0 spiro atoms. The maximum absolute atomic E-state index is 13.6. The van der Waals surface area contributed by atoms with Crippen LogP contribution in [0.25, 0.3) is 0 Å². The molecule has 0 saturated heterocycles. The number of Topliss-reactive ketones (excluding diaryl/α,β-unsaturated/α-hetero) is 1. The molecule has 3 aliphatic rings. The Morgan fingerprint density at radius 3 is 2.18 bits per heavy atom. The van der Waals surface area contributed by atoms with Crippen LogP contribution in [0.1, 0.15) is 94.9 Å². The quantitative estimate of drug-likeness (QED) is 0.192. The van der Waals surface area contributed by atoms with Crippen molar-refractivity contribution in [3.8, 4) is 0 Å². The zero-order chi connectivity index (χ0) is 29.6. The average Bonchev–Trinajstić information content (AvgIpc) is 3.28. The van der Waals surface area contributed by atoms with Gasteiger partial charge in [0.1, 0.15) is 5.60 Å². The molecule has 0 N–H and O–H groups in total. The molecule has 0 amide bonds. The van der Waals surface area contributed by atoms with Crippen LogP contribution in [0.2, 0.25) is 36.3 Å². The highest BCUT2D eigenvalue weighted by Gasteiger charge is 2.55. The number of ether oxygens (including phenoxy) is 1. The summed E-state index contributed by atoms with van der Waals surface area (Å²) in [6.45, 7) is 28.4. The maximum atomic E-state index is 13.6. The zero-order valence-corrected chi connectivity index (χ0v) is 29.7. The van der Waals surface area contributed by atoms with E-state index in [2.05, 4.69) is 88.4 Å². The average molecular weight is 577 g/mol. The van der Waals surface area contributed by atoms with Gasteiger partial charge in [-0.15, -0.1) is 0 Å². The van der Waals surface area contributed by atoms with Crippen LogP contribution in [0.4, 0.5) is 0 Å². The van der Waals surface area contributed by atoms with Crippen molar-refractivity contribution in [1.82, 2.24) is 0 Å². The van der Waals surface area contributed by atoms with Gasteiger partial charge in [0, 0.05) is 18.9 Å². The SMILES string of the molecule is CC[Si](CC)(CC)O[C@]1(COC)CC[C@@H]2/C1=C\[C@@]1(C)CC(=O)C(C(C)C)=C1C[C@H](O[Si](C)(C)C(C)(C)C)[C@@H]2C. The summed E-state index contributed by atoms with van der Waals surface area (Å²) < 4.78 is 20.8. The summed E-state index contributed by atoms with van der Waals surface area (Å²) in [6.07, 6.45) is 6.12. The van der Waals surface area contributed by atoms with Crippen molar-refractivity contribution in [1.29, 1.82) is 0 Å². The number of carbonyl (C=O) groups is 1. The molecule has 0 aromatic carbocycles. The highest BCUT2D eigenvalue weighted by atomic mass is 28.4. The van der Waals surface area contributed by atoms with E-state index in [1.807, 2.05) is 7.11 Å².